The van der Waals surface area contributed by atoms with Gasteiger partial charge < -0.3 is 15.0 Å². The normalized spacial score (nSPS) is 11.7. The highest BCUT2D eigenvalue weighted by Gasteiger charge is 2.17. The number of benzene rings is 2. The number of ether oxygens (including phenoxy) is 1. The first kappa shape index (κ1) is 17.6. The lowest BCUT2D eigenvalue weighted by atomic mass is 10.1. The summed E-state index contributed by atoms with van der Waals surface area (Å²) in [7, 11) is 1.55. The number of hydrogen-bond donors (Lipinski definition) is 2. The second-order valence-corrected chi connectivity index (χ2v) is 6.08. The highest BCUT2D eigenvalue weighted by Crippen LogP contribution is 2.24. The number of methoxy groups -OCH3 is 1. The number of H-pyrrole nitrogens is 1. The van der Waals surface area contributed by atoms with E-state index in [1.165, 1.54) is 10.9 Å². The minimum Gasteiger partial charge on any atom is -0.496 e. The van der Waals surface area contributed by atoms with Crippen molar-refractivity contribution in [2.24, 2.45) is 0 Å². The van der Waals surface area contributed by atoms with Crippen molar-refractivity contribution in [2.75, 3.05) is 7.11 Å². The lowest BCUT2D eigenvalue weighted by Crippen LogP contribution is -2.27. The number of carbonyl (C=O) groups excluding carboxylic acids is 1. The van der Waals surface area contributed by atoms with Gasteiger partial charge in [0.15, 0.2) is 0 Å². The van der Waals surface area contributed by atoms with Gasteiger partial charge in [0.05, 0.1) is 13.2 Å². The van der Waals surface area contributed by atoms with E-state index in [9.17, 15) is 10.1 Å². The Kier molecular flexibility index (Phi) is 5.55. The minimum absolute atomic E-state index is 0.137. The first-order chi connectivity index (χ1) is 12.7. The van der Waals surface area contributed by atoms with E-state index in [1.54, 1.807) is 19.2 Å². The third kappa shape index (κ3) is 3.86. The Balaban J connectivity index is 1.57. The molecule has 3 aromatic rings. The molecule has 0 aliphatic heterocycles. The van der Waals surface area contributed by atoms with Crippen LogP contribution in [0.2, 0.25) is 0 Å². The summed E-state index contributed by atoms with van der Waals surface area (Å²) in [5, 5.41) is 13.4. The molecule has 3 rings (SSSR count). The molecule has 2 aromatic carbocycles. The average molecular weight is 347 g/mol. The largest absolute Gasteiger partial charge is 0.496 e. The number of rotatable bonds is 7. The second-order valence-electron chi connectivity index (χ2n) is 6.08. The van der Waals surface area contributed by atoms with Crippen molar-refractivity contribution in [1.82, 2.24) is 10.3 Å². The lowest BCUT2D eigenvalue weighted by molar-refractivity contribution is -0.121. The summed E-state index contributed by atoms with van der Waals surface area (Å²) in [6.45, 7) is 0. The van der Waals surface area contributed by atoms with Crippen molar-refractivity contribution in [3.05, 3.63) is 65.9 Å². The number of carbonyl (C=O) groups is 1. The molecule has 0 bridgehead atoms. The van der Waals surface area contributed by atoms with Gasteiger partial charge in [0, 0.05) is 29.1 Å². The van der Waals surface area contributed by atoms with Crippen LogP contribution in [0.3, 0.4) is 0 Å². The van der Waals surface area contributed by atoms with E-state index >= 15 is 0 Å². The molecule has 0 spiro atoms. The maximum absolute atomic E-state index is 12.3. The van der Waals surface area contributed by atoms with Crippen LogP contribution in [0.1, 0.15) is 30.0 Å². The molecule has 1 atom stereocenters. The predicted molar refractivity (Wildman–Crippen MR) is 101 cm³/mol. The number of nitrogens with one attached hydrogen (secondary N) is 2. The third-order valence-corrected chi connectivity index (χ3v) is 4.41. The number of amides is 1. The zero-order valence-corrected chi connectivity index (χ0v) is 14.7. The van der Waals surface area contributed by atoms with Gasteiger partial charge in [-0.25, -0.2) is 0 Å². The molecule has 0 aliphatic rings. The van der Waals surface area contributed by atoms with E-state index in [4.69, 9.17) is 4.74 Å². The van der Waals surface area contributed by atoms with Gasteiger partial charge >= 0.3 is 0 Å². The number of aromatic nitrogens is 1. The summed E-state index contributed by atoms with van der Waals surface area (Å²) in [6.07, 6.45) is 3.89. The summed E-state index contributed by atoms with van der Waals surface area (Å²) >= 11 is 0. The second kappa shape index (κ2) is 8.21. The van der Waals surface area contributed by atoms with E-state index in [0.29, 0.717) is 17.7 Å². The maximum atomic E-state index is 12.3. The summed E-state index contributed by atoms with van der Waals surface area (Å²) in [5.74, 6) is 0.459. The van der Waals surface area contributed by atoms with Gasteiger partial charge in [-0.15, -0.1) is 0 Å². The molecule has 2 N–H and O–H groups in total. The van der Waals surface area contributed by atoms with Crippen molar-refractivity contribution in [3.63, 3.8) is 0 Å². The van der Waals surface area contributed by atoms with Crippen molar-refractivity contribution in [3.8, 4) is 11.8 Å². The van der Waals surface area contributed by atoms with Crippen LogP contribution in [0, 0.1) is 11.3 Å². The SMILES string of the molecule is COc1ccccc1[C@H](C#N)NC(=O)CCCc1c[nH]c2ccccc12. The van der Waals surface area contributed by atoms with Gasteiger partial charge in [-0.1, -0.05) is 36.4 Å². The minimum atomic E-state index is -0.716. The van der Waals surface area contributed by atoms with Crippen LogP contribution in [0.15, 0.2) is 54.7 Å². The first-order valence-electron chi connectivity index (χ1n) is 8.60. The van der Waals surface area contributed by atoms with E-state index < -0.39 is 6.04 Å². The van der Waals surface area contributed by atoms with Crippen LogP contribution in [0.25, 0.3) is 10.9 Å². The van der Waals surface area contributed by atoms with Crippen molar-refractivity contribution in [2.45, 2.75) is 25.3 Å². The number of nitrogens with zero attached hydrogens (tertiary/aromatic N) is 1. The van der Waals surface area contributed by atoms with E-state index in [-0.39, 0.29) is 5.91 Å². The number of aromatic amines is 1. The number of aryl methyl sites for hydroxylation is 1. The molecule has 0 aliphatic carbocycles. The van der Waals surface area contributed by atoms with Crippen LogP contribution >= 0.6 is 0 Å². The number of hydrogen-bond acceptors (Lipinski definition) is 3. The number of nitriles is 1. The van der Waals surface area contributed by atoms with Crippen LogP contribution in [0.5, 0.6) is 5.75 Å². The van der Waals surface area contributed by atoms with Crippen LogP contribution in [0.4, 0.5) is 0 Å². The topological polar surface area (TPSA) is 77.9 Å². The van der Waals surface area contributed by atoms with E-state index in [2.05, 4.69) is 22.4 Å². The third-order valence-electron chi connectivity index (χ3n) is 4.41. The summed E-state index contributed by atoms with van der Waals surface area (Å²) in [5.41, 5.74) is 2.98. The quantitative estimate of drug-likeness (QED) is 0.681. The molecule has 0 radical (unpaired) electrons. The van der Waals surface area contributed by atoms with Gasteiger partial charge in [-0.2, -0.15) is 5.26 Å². The molecule has 5 heteroatoms. The smallest absolute Gasteiger partial charge is 0.221 e. The summed E-state index contributed by atoms with van der Waals surface area (Å²) < 4.78 is 5.27. The fraction of sp³-hybridized carbons (Fsp3) is 0.238. The molecule has 26 heavy (non-hydrogen) atoms. The van der Waals surface area contributed by atoms with Crippen molar-refractivity contribution in [1.29, 1.82) is 5.26 Å². The van der Waals surface area contributed by atoms with Gasteiger partial charge in [0.2, 0.25) is 5.91 Å². The van der Waals surface area contributed by atoms with Crippen LogP contribution in [-0.2, 0) is 11.2 Å². The standard InChI is InChI=1S/C21H21N3O2/c1-26-20-11-5-3-9-17(20)19(13-22)24-21(25)12-6-7-15-14-23-18-10-4-2-8-16(15)18/h2-5,8-11,14,19,23H,6-7,12H2,1H3,(H,24,25)/t19-/m0/s1. The molecule has 132 valence electrons. The highest BCUT2D eigenvalue weighted by molar-refractivity contribution is 5.83. The fourth-order valence-corrected chi connectivity index (χ4v) is 3.10. The molecule has 1 aromatic heterocycles. The van der Waals surface area contributed by atoms with Gasteiger partial charge in [0.1, 0.15) is 11.8 Å². The molecule has 0 fully saturated rings. The van der Waals surface area contributed by atoms with E-state index in [0.717, 1.165) is 18.4 Å². The Morgan fingerprint density at radius 3 is 2.81 bits per heavy atom. The Labute approximate surface area is 152 Å². The summed E-state index contributed by atoms with van der Waals surface area (Å²) in [4.78, 5) is 15.5. The lowest BCUT2D eigenvalue weighted by Gasteiger charge is -2.15. The first-order valence-corrected chi connectivity index (χ1v) is 8.60. The summed E-state index contributed by atoms with van der Waals surface area (Å²) in [6, 6.07) is 16.8. The zero-order chi connectivity index (χ0) is 18.4. The average Bonchev–Trinajstić information content (AvgIpc) is 3.09. The van der Waals surface area contributed by atoms with Gasteiger partial charge in [-0.05, 0) is 30.5 Å². The molecule has 0 saturated carbocycles. The van der Waals surface area contributed by atoms with Gasteiger partial charge in [-0.3, -0.25) is 4.79 Å². The molecule has 0 unspecified atom stereocenters. The van der Waals surface area contributed by atoms with Crippen LogP contribution < -0.4 is 10.1 Å². The highest BCUT2D eigenvalue weighted by atomic mass is 16.5. The number of fused-ring (bicyclic) bond motifs is 1. The Hall–Kier alpha value is -3.26. The Morgan fingerprint density at radius 2 is 2.00 bits per heavy atom. The van der Waals surface area contributed by atoms with Gasteiger partial charge in [0.25, 0.3) is 0 Å². The molecule has 1 heterocycles. The van der Waals surface area contributed by atoms with Crippen molar-refractivity contribution >= 4 is 16.8 Å². The Morgan fingerprint density at radius 1 is 1.23 bits per heavy atom. The maximum Gasteiger partial charge on any atom is 0.221 e. The van der Waals surface area contributed by atoms with Crippen LogP contribution in [-0.4, -0.2) is 18.0 Å². The zero-order valence-electron chi connectivity index (χ0n) is 14.7. The molecular weight excluding hydrogens is 326 g/mol. The predicted octanol–water partition coefficient (Wildman–Crippen LogP) is 3.88. The number of para-hydroxylation sites is 2. The van der Waals surface area contributed by atoms with Crippen molar-refractivity contribution < 1.29 is 9.53 Å². The van der Waals surface area contributed by atoms with E-state index in [1.807, 2.05) is 36.5 Å². The Bertz CT molecular complexity index is 940. The fourth-order valence-electron chi connectivity index (χ4n) is 3.10. The molecule has 1 amide bonds. The molecule has 5 nitrogen and oxygen atoms in total. The monoisotopic (exact) mass is 347 g/mol. The molecular formula is C21H21N3O2. The molecule has 0 saturated heterocycles.